The molecule has 21 heavy (non-hydrogen) atoms. The molecular formula is C14H25ClN4O2. The molecule has 1 aliphatic carbocycles. The molecule has 2 rings (SSSR count). The minimum absolute atomic E-state index is 0. The lowest BCUT2D eigenvalue weighted by molar-refractivity contribution is -0.128. The fourth-order valence-corrected chi connectivity index (χ4v) is 2.34. The predicted molar refractivity (Wildman–Crippen MR) is 82.0 cm³/mol. The average molecular weight is 317 g/mol. The van der Waals surface area contributed by atoms with Crippen LogP contribution in [0.4, 0.5) is 0 Å². The van der Waals surface area contributed by atoms with Crippen molar-refractivity contribution >= 4 is 18.3 Å². The molecule has 0 radical (unpaired) electrons. The van der Waals surface area contributed by atoms with Gasteiger partial charge in [0.2, 0.25) is 11.8 Å². The maximum Gasteiger partial charge on any atom is 0.228 e. The van der Waals surface area contributed by atoms with Crippen molar-refractivity contribution in [3.63, 3.8) is 0 Å². The first-order chi connectivity index (χ1) is 9.31. The van der Waals surface area contributed by atoms with E-state index in [2.05, 4.69) is 15.5 Å². The molecule has 1 aromatic rings. The average Bonchev–Trinajstić information content (AvgIpc) is 2.97. The molecule has 1 aliphatic rings. The normalized spacial score (nSPS) is 17.3. The predicted octanol–water partition coefficient (Wildman–Crippen LogP) is 1.92. The van der Waals surface area contributed by atoms with Gasteiger partial charge in [-0.2, -0.15) is 4.98 Å². The van der Waals surface area contributed by atoms with E-state index in [1.165, 1.54) is 0 Å². The molecule has 1 saturated carbocycles. The van der Waals surface area contributed by atoms with E-state index in [9.17, 15) is 4.79 Å². The van der Waals surface area contributed by atoms with Crippen LogP contribution >= 0.6 is 12.4 Å². The van der Waals surface area contributed by atoms with Crippen LogP contribution in [0.15, 0.2) is 4.52 Å². The number of nitrogens with two attached hydrogens (primary N) is 1. The fourth-order valence-electron chi connectivity index (χ4n) is 2.34. The second kappa shape index (κ2) is 6.75. The van der Waals surface area contributed by atoms with Crippen molar-refractivity contribution in [1.29, 1.82) is 0 Å². The lowest BCUT2D eigenvalue weighted by atomic mass is 9.96. The topological polar surface area (TPSA) is 94.0 Å². The molecule has 0 aromatic carbocycles. The summed E-state index contributed by atoms with van der Waals surface area (Å²) >= 11 is 0. The van der Waals surface area contributed by atoms with Gasteiger partial charge in [-0.25, -0.2) is 0 Å². The van der Waals surface area contributed by atoms with Crippen molar-refractivity contribution in [1.82, 2.24) is 15.5 Å². The van der Waals surface area contributed by atoms with Crippen LogP contribution in [-0.4, -0.2) is 22.6 Å². The second-order valence-electron chi connectivity index (χ2n) is 6.63. The van der Waals surface area contributed by atoms with Gasteiger partial charge in [0.05, 0.1) is 5.54 Å². The standard InChI is InChI=1S/C14H24N4O2.ClH/c1-13(2,3)12(19)16-9-6-10-17-11(18-20-10)14(15)7-4-5-8-14;/h4-9,15H2,1-3H3,(H,16,19);1H. The van der Waals surface area contributed by atoms with Crippen molar-refractivity contribution in [2.24, 2.45) is 11.1 Å². The SMILES string of the molecule is CC(C)(C)C(=O)NCCc1nc(C2(N)CCCC2)no1.Cl. The summed E-state index contributed by atoms with van der Waals surface area (Å²) in [5.74, 6) is 1.15. The van der Waals surface area contributed by atoms with Crippen LogP contribution < -0.4 is 11.1 Å². The van der Waals surface area contributed by atoms with Gasteiger partial charge < -0.3 is 15.6 Å². The number of amides is 1. The Bertz CT molecular complexity index is 476. The van der Waals surface area contributed by atoms with Crippen LogP contribution in [0, 0.1) is 5.41 Å². The van der Waals surface area contributed by atoms with E-state index in [0.29, 0.717) is 24.7 Å². The second-order valence-corrected chi connectivity index (χ2v) is 6.63. The zero-order valence-electron chi connectivity index (χ0n) is 12.9. The molecule has 7 heteroatoms. The molecular weight excluding hydrogens is 292 g/mol. The van der Waals surface area contributed by atoms with Crippen LogP contribution in [0.25, 0.3) is 0 Å². The van der Waals surface area contributed by atoms with Gasteiger partial charge in [0.15, 0.2) is 5.82 Å². The highest BCUT2D eigenvalue weighted by atomic mass is 35.5. The zero-order valence-corrected chi connectivity index (χ0v) is 13.8. The summed E-state index contributed by atoms with van der Waals surface area (Å²) in [6.45, 7) is 6.14. The van der Waals surface area contributed by atoms with Crippen molar-refractivity contribution < 1.29 is 9.32 Å². The van der Waals surface area contributed by atoms with Gasteiger partial charge in [-0.3, -0.25) is 4.79 Å². The molecule has 1 heterocycles. The van der Waals surface area contributed by atoms with E-state index in [1.54, 1.807) is 0 Å². The van der Waals surface area contributed by atoms with Gasteiger partial charge >= 0.3 is 0 Å². The third-order valence-corrected chi connectivity index (χ3v) is 3.71. The molecule has 0 atom stereocenters. The molecule has 1 aromatic heterocycles. The number of nitrogens with zero attached hydrogens (tertiary/aromatic N) is 2. The number of carbonyl (C=O) groups excluding carboxylic acids is 1. The van der Waals surface area contributed by atoms with E-state index < -0.39 is 5.54 Å². The van der Waals surface area contributed by atoms with E-state index in [4.69, 9.17) is 10.3 Å². The Morgan fingerprint density at radius 2 is 2.00 bits per heavy atom. The van der Waals surface area contributed by atoms with Crippen LogP contribution in [0.5, 0.6) is 0 Å². The Morgan fingerprint density at radius 1 is 1.38 bits per heavy atom. The summed E-state index contributed by atoms with van der Waals surface area (Å²) in [7, 11) is 0. The summed E-state index contributed by atoms with van der Waals surface area (Å²) in [4.78, 5) is 16.1. The smallest absolute Gasteiger partial charge is 0.228 e. The molecule has 0 saturated heterocycles. The van der Waals surface area contributed by atoms with E-state index in [0.717, 1.165) is 25.7 Å². The van der Waals surface area contributed by atoms with Gasteiger partial charge in [0, 0.05) is 18.4 Å². The molecule has 6 nitrogen and oxygen atoms in total. The highest BCUT2D eigenvalue weighted by Crippen LogP contribution is 2.34. The van der Waals surface area contributed by atoms with Gasteiger partial charge in [-0.15, -0.1) is 12.4 Å². The third-order valence-electron chi connectivity index (χ3n) is 3.71. The van der Waals surface area contributed by atoms with Gasteiger partial charge in [0.25, 0.3) is 0 Å². The summed E-state index contributed by atoms with van der Waals surface area (Å²) in [5.41, 5.74) is 5.47. The number of rotatable bonds is 4. The Kier molecular flexibility index (Phi) is 5.75. The minimum Gasteiger partial charge on any atom is -0.355 e. The first kappa shape index (κ1) is 17.9. The highest BCUT2D eigenvalue weighted by Gasteiger charge is 2.35. The number of aromatic nitrogens is 2. The van der Waals surface area contributed by atoms with E-state index in [-0.39, 0.29) is 23.7 Å². The van der Waals surface area contributed by atoms with Crippen molar-refractivity contribution in [2.75, 3.05) is 6.54 Å². The van der Waals surface area contributed by atoms with Crippen LogP contribution in [-0.2, 0) is 16.8 Å². The molecule has 0 aliphatic heterocycles. The Hall–Kier alpha value is -1.14. The number of hydrogen-bond donors (Lipinski definition) is 2. The van der Waals surface area contributed by atoms with Crippen LogP contribution in [0.3, 0.4) is 0 Å². The maximum absolute atomic E-state index is 11.7. The molecule has 0 spiro atoms. The van der Waals surface area contributed by atoms with Crippen LogP contribution in [0.1, 0.15) is 58.2 Å². The van der Waals surface area contributed by atoms with Gasteiger partial charge in [0.1, 0.15) is 0 Å². The molecule has 1 amide bonds. The Balaban J connectivity index is 0.00000220. The highest BCUT2D eigenvalue weighted by molar-refractivity contribution is 5.85. The molecule has 120 valence electrons. The Morgan fingerprint density at radius 3 is 2.57 bits per heavy atom. The lowest BCUT2D eigenvalue weighted by Crippen LogP contribution is -2.36. The largest absolute Gasteiger partial charge is 0.355 e. The third kappa shape index (κ3) is 4.41. The molecule has 3 N–H and O–H groups in total. The van der Waals surface area contributed by atoms with Crippen molar-refractivity contribution in [3.8, 4) is 0 Å². The maximum atomic E-state index is 11.7. The van der Waals surface area contributed by atoms with Crippen molar-refractivity contribution in [3.05, 3.63) is 11.7 Å². The number of halogens is 1. The summed E-state index contributed by atoms with van der Waals surface area (Å²) in [6, 6.07) is 0. The van der Waals surface area contributed by atoms with Gasteiger partial charge in [-0.05, 0) is 12.8 Å². The molecule has 0 unspecified atom stereocenters. The van der Waals surface area contributed by atoms with Gasteiger partial charge in [-0.1, -0.05) is 38.8 Å². The summed E-state index contributed by atoms with van der Waals surface area (Å²) in [5, 5.41) is 6.85. The minimum atomic E-state index is -0.420. The number of carbonyl (C=O) groups is 1. The zero-order chi connectivity index (χ0) is 14.8. The number of nitrogens with one attached hydrogen (secondary N) is 1. The van der Waals surface area contributed by atoms with Crippen molar-refractivity contribution in [2.45, 2.75) is 58.4 Å². The first-order valence-corrected chi connectivity index (χ1v) is 7.21. The monoisotopic (exact) mass is 316 g/mol. The first-order valence-electron chi connectivity index (χ1n) is 7.21. The summed E-state index contributed by atoms with van der Waals surface area (Å²) in [6.07, 6.45) is 4.58. The number of hydrogen-bond acceptors (Lipinski definition) is 5. The lowest BCUT2D eigenvalue weighted by Gasteiger charge is -2.17. The van der Waals surface area contributed by atoms with E-state index in [1.807, 2.05) is 20.8 Å². The van der Waals surface area contributed by atoms with Crippen LogP contribution in [0.2, 0.25) is 0 Å². The van der Waals surface area contributed by atoms with E-state index >= 15 is 0 Å². The molecule has 0 bridgehead atoms. The quantitative estimate of drug-likeness (QED) is 0.885. The fraction of sp³-hybridized carbons (Fsp3) is 0.786. The Labute approximate surface area is 131 Å². The molecule has 1 fully saturated rings. The summed E-state index contributed by atoms with van der Waals surface area (Å²) < 4.78 is 5.22.